The zero-order chi connectivity index (χ0) is 25.4. The molecule has 0 bridgehead atoms. The van der Waals surface area contributed by atoms with E-state index >= 15 is 0 Å². The topological polar surface area (TPSA) is 95.2 Å². The summed E-state index contributed by atoms with van der Waals surface area (Å²) in [6, 6.07) is 23.4. The summed E-state index contributed by atoms with van der Waals surface area (Å²) >= 11 is 0. The minimum Gasteiger partial charge on any atom is -0.493 e. The Morgan fingerprint density at radius 3 is 2.57 bits per heavy atom. The first-order valence-electron chi connectivity index (χ1n) is 12.3. The van der Waals surface area contributed by atoms with E-state index < -0.39 is 5.91 Å². The predicted octanol–water partition coefficient (Wildman–Crippen LogP) is 6.02. The van der Waals surface area contributed by atoms with Crippen LogP contribution >= 0.6 is 0 Å². The molecule has 3 heterocycles. The fourth-order valence-corrected chi connectivity index (χ4v) is 4.97. The maximum atomic E-state index is 13.4. The number of H-pyrrole nitrogens is 1. The van der Waals surface area contributed by atoms with Gasteiger partial charge in [0.05, 0.1) is 25.4 Å². The number of aryl methyl sites for hydroxylation is 1. The van der Waals surface area contributed by atoms with Crippen molar-refractivity contribution >= 4 is 33.4 Å². The summed E-state index contributed by atoms with van der Waals surface area (Å²) in [4.78, 5) is 18.9. The van der Waals surface area contributed by atoms with E-state index in [0.717, 1.165) is 51.6 Å². The summed E-state index contributed by atoms with van der Waals surface area (Å²) in [6.45, 7) is 5.41. The van der Waals surface area contributed by atoms with E-state index in [0.29, 0.717) is 25.6 Å². The maximum Gasteiger partial charge on any atom is 0.312 e. The van der Waals surface area contributed by atoms with Crippen LogP contribution in [0, 0.1) is 6.92 Å². The highest BCUT2D eigenvalue weighted by Gasteiger charge is 2.22. The molecule has 0 saturated carbocycles. The number of aromatic amines is 1. The molecule has 3 aromatic carbocycles. The van der Waals surface area contributed by atoms with Gasteiger partial charge in [-0.25, -0.2) is 0 Å². The molecular weight excluding hydrogens is 466 g/mol. The van der Waals surface area contributed by atoms with Gasteiger partial charge in [-0.15, -0.1) is 10.2 Å². The molecule has 1 amide bonds. The van der Waals surface area contributed by atoms with Crippen molar-refractivity contribution in [1.29, 1.82) is 0 Å². The third-order valence-electron chi connectivity index (χ3n) is 6.83. The highest BCUT2D eigenvalue weighted by molar-refractivity contribution is 6.10. The molecule has 0 atom stereocenters. The summed E-state index contributed by atoms with van der Waals surface area (Å²) in [5.74, 6) is -0.517. The molecule has 0 unspecified atom stereocenters. The number of nitrogens with zero attached hydrogens (tertiary/aromatic N) is 4. The van der Waals surface area contributed by atoms with Crippen molar-refractivity contribution in [3.05, 3.63) is 84.1 Å². The third kappa shape index (κ3) is 4.30. The van der Waals surface area contributed by atoms with Gasteiger partial charge in [-0.05, 0) is 30.7 Å². The van der Waals surface area contributed by atoms with Gasteiger partial charge in [0.25, 0.3) is 0 Å². The van der Waals surface area contributed by atoms with Crippen molar-refractivity contribution in [2.24, 2.45) is 10.2 Å². The normalized spacial score (nSPS) is 14.7. The molecule has 1 saturated heterocycles. The number of rotatable bonds is 5. The number of amides is 1. The van der Waals surface area contributed by atoms with Crippen molar-refractivity contribution in [1.82, 2.24) is 14.5 Å². The molecule has 0 aliphatic carbocycles. The zero-order valence-corrected chi connectivity index (χ0v) is 20.5. The minimum atomic E-state index is -0.503. The van der Waals surface area contributed by atoms with E-state index in [2.05, 4.69) is 26.2 Å². The summed E-state index contributed by atoms with van der Waals surface area (Å²) in [5, 5.41) is 21.2. The van der Waals surface area contributed by atoms with E-state index in [1.165, 1.54) is 0 Å². The SMILES string of the molecule is Cc1ccc2[nH]c(C(=O)N=Nc3c(O)n(CN4CCOCC4)c4ccccc34)c(-c3ccccc3)c2c1. The minimum absolute atomic E-state index is 0.0141. The van der Waals surface area contributed by atoms with Crippen molar-refractivity contribution in [3.63, 3.8) is 0 Å². The smallest absolute Gasteiger partial charge is 0.312 e. The fraction of sp³-hybridized carbons (Fsp3) is 0.207. The maximum absolute atomic E-state index is 13.4. The molecule has 2 N–H and O–H groups in total. The number of hydrogen-bond donors (Lipinski definition) is 2. The van der Waals surface area contributed by atoms with Crippen molar-refractivity contribution in [2.75, 3.05) is 26.3 Å². The summed E-state index contributed by atoms with van der Waals surface area (Å²) < 4.78 is 7.26. The molecule has 1 fully saturated rings. The largest absolute Gasteiger partial charge is 0.493 e. The number of fused-ring (bicyclic) bond motifs is 2. The number of benzene rings is 3. The fourth-order valence-electron chi connectivity index (χ4n) is 4.97. The first-order valence-corrected chi connectivity index (χ1v) is 12.3. The van der Waals surface area contributed by atoms with E-state index in [4.69, 9.17) is 4.74 Å². The van der Waals surface area contributed by atoms with Crippen LogP contribution in [0.15, 0.2) is 83.0 Å². The van der Waals surface area contributed by atoms with Crippen molar-refractivity contribution < 1.29 is 14.6 Å². The van der Waals surface area contributed by atoms with Crippen LogP contribution in [0.2, 0.25) is 0 Å². The lowest BCUT2D eigenvalue weighted by Gasteiger charge is -2.27. The van der Waals surface area contributed by atoms with Gasteiger partial charge in [0, 0.05) is 34.9 Å². The lowest BCUT2D eigenvalue weighted by atomic mass is 10.0. The quantitative estimate of drug-likeness (QED) is 0.293. The molecule has 5 aromatic rings. The predicted molar refractivity (Wildman–Crippen MR) is 143 cm³/mol. The molecule has 1 aliphatic rings. The second kappa shape index (κ2) is 9.65. The average molecular weight is 494 g/mol. The lowest BCUT2D eigenvalue weighted by Crippen LogP contribution is -2.37. The first kappa shape index (κ1) is 23.1. The van der Waals surface area contributed by atoms with Crippen LogP contribution in [0.5, 0.6) is 5.88 Å². The van der Waals surface area contributed by atoms with Gasteiger partial charge in [-0.1, -0.05) is 60.2 Å². The van der Waals surface area contributed by atoms with Crippen LogP contribution in [0.4, 0.5) is 5.69 Å². The first-order chi connectivity index (χ1) is 18.1. The Kier molecular flexibility index (Phi) is 6.04. The number of ether oxygens (including phenoxy) is 1. The van der Waals surface area contributed by atoms with Crippen LogP contribution < -0.4 is 0 Å². The zero-order valence-electron chi connectivity index (χ0n) is 20.5. The van der Waals surface area contributed by atoms with Gasteiger partial charge in [0.15, 0.2) is 5.69 Å². The summed E-state index contributed by atoms with van der Waals surface area (Å²) in [6.07, 6.45) is 0. The molecule has 37 heavy (non-hydrogen) atoms. The standard InChI is InChI=1S/C29H27N5O3/c1-19-11-12-23-22(17-19)25(20-7-3-2-4-8-20)27(30-23)28(35)32-31-26-21-9-5-6-10-24(21)34(29(26)36)18-33-13-15-37-16-14-33/h2-12,17,30,36H,13-16,18H2,1H3. The second-order valence-corrected chi connectivity index (χ2v) is 9.28. The van der Waals surface area contributed by atoms with Gasteiger partial charge >= 0.3 is 5.91 Å². The summed E-state index contributed by atoms with van der Waals surface area (Å²) in [7, 11) is 0. The molecule has 6 rings (SSSR count). The lowest BCUT2D eigenvalue weighted by molar-refractivity contribution is 0.0231. The van der Waals surface area contributed by atoms with Gasteiger partial charge in [0.1, 0.15) is 5.69 Å². The van der Waals surface area contributed by atoms with Gasteiger partial charge in [-0.3, -0.25) is 14.3 Å². The van der Waals surface area contributed by atoms with Gasteiger partial charge < -0.3 is 14.8 Å². The number of azo groups is 1. The third-order valence-corrected chi connectivity index (χ3v) is 6.83. The highest BCUT2D eigenvalue weighted by atomic mass is 16.5. The number of para-hydroxylation sites is 1. The number of carbonyl (C=O) groups excluding carboxylic acids is 1. The van der Waals surface area contributed by atoms with Crippen LogP contribution in [0.25, 0.3) is 32.9 Å². The van der Waals surface area contributed by atoms with Gasteiger partial charge in [0.2, 0.25) is 5.88 Å². The Balaban J connectivity index is 1.40. The van der Waals surface area contributed by atoms with Crippen LogP contribution in [0.3, 0.4) is 0 Å². The number of aromatic nitrogens is 2. The number of nitrogens with one attached hydrogen (secondary N) is 1. The Morgan fingerprint density at radius 2 is 1.76 bits per heavy atom. The molecule has 0 radical (unpaired) electrons. The van der Waals surface area contributed by atoms with Crippen LogP contribution in [-0.2, 0) is 11.4 Å². The molecule has 1 aliphatic heterocycles. The van der Waals surface area contributed by atoms with Crippen LogP contribution in [0.1, 0.15) is 16.1 Å². The van der Waals surface area contributed by atoms with Crippen LogP contribution in [-0.4, -0.2) is 51.8 Å². The van der Waals surface area contributed by atoms with E-state index in [9.17, 15) is 9.90 Å². The number of aromatic hydroxyl groups is 1. The molecule has 186 valence electrons. The number of morpholine rings is 1. The van der Waals surface area contributed by atoms with E-state index in [-0.39, 0.29) is 11.6 Å². The molecule has 2 aromatic heterocycles. The van der Waals surface area contributed by atoms with Gasteiger partial charge in [-0.2, -0.15) is 0 Å². The number of hydrogen-bond acceptors (Lipinski definition) is 5. The molecule has 0 spiro atoms. The Hall–Kier alpha value is -4.27. The highest BCUT2D eigenvalue weighted by Crippen LogP contribution is 2.39. The molecule has 8 heteroatoms. The Morgan fingerprint density at radius 1 is 1.00 bits per heavy atom. The molecule has 8 nitrogen and oxygen atoms in total. The monoisotopic (exact) mass is 493 g/mol. The second-order valence-electron chi connectivity index (χ2n) is 9.28. The Bertz CT molecular complexity index is 1630. The van der Waals surface area contributed by atoms with E-state index in [1.807, 2.05) is 73.7 Å². The molecular formula is C29H27N5O3. The number of carbonyl (C=O) groups is 1. The van der Waals surface area contributed by atoms with E-state index in [1.54, 1.807) is 4.57 Å². The van der Waals surface area contributed by atoms with Crippen molar-refractivity contribution in [2.45, 2.75) is 13.6 Å². The Labute approximate surface area is 213 Å². The summed E-state index contributed by atoms with van der Waals surface area (Å²) in [5.41, 5.74) is 5.15. The average Bonchev–Trinajstić information content (AvgIpc) is 3.43. The van der Waals surface area contributed by atoms with Crippen molar-refractivity contribution in [3.8, 4) is 17.0 Å².